The number of nitrogens with two attached hydrogens (primary N) is 1. The van der Waals surface area contributed by atoms with Gasteiger partial charge in [0, 0.05) is 17.0 Å². The molecule has 3 rings (SSSR count). The Balaban J connectivity index is 1.91. The van der Waals surface area contributed by atoms with Crippen molar-refractivity contribution in [2.75, 3.05) is 0 Å². The quantitative estimate of drug-likeness (QED) is 0.753. The average Bonchev–Trinajstić information content (AvgIpc) is 2.96. The van der Waals surface area contributed by atoms with Crippen LogP contribution in [0, 0.1) is 13.8 Å². The smallest absolute Gasteiger partial charge is 0.336 e. The van der Waals surface area contributed by atoms with Crippen LogP contribution in [0.3, 0.4) is 0 Å². The highest BCUT2D eigenvalue weighted by Crippen LogP contribution is 2.22. The van der Waals surface area contributed by atoms with Crippen LogP contribution in [0.2, 0.25) is 0 Å². The highest BCUT2D eigenvalue weighted by molar-refractivity contribution is 7.09. The van der Waals surface area contributed by atoms with Crippen LogP contribution in [0.25, 0.3) is 11.0 Å². The Morgan fingerprint density at radius 1 is 1.19 bits per heavy atom. The molecule has 1 aromatic carbocycles. The molecule has 108 valence electrons. The first-order valence-corrected chi connectivity index (χ1v) is 7.90. The zero-order valence-electron chi connectivity index (χ0n) is 12.2. The maximum atomic E-state index is 11.8. The second-order valence-electron chi connectivity index (χ2n) is 5.25. The summed E-state index contributed by atoms with van der Waals surface area (Å²) in [5.41, 5.74) is 3.69. The summed E-state index contributed by atoms with van der Waals surface area (Å²) in [6.45, 7) is 5.75. The van der Waals surface area contributed by atoms with E-state index in [-0.39, 0.29) is 5.63 Å². The molecule has 0 aliphatic carbocycles. The summed E-state index contributed by atoms with van der Waals surface area (Å²) in [5, 5.41) is 5.34. The molecule has 2 aromatic heterocycles. The van der Waals surface area contributed by atoms with Crippen molar-refractivity contribution in [3.63, 3.8) is 0 Å². The van der Waals surface area contributed by atoms with Crippen LogP contribution in [0.1, 0.15) is 21.6 Å². The van der Waals surface area contributed by atoms with Crippen LogP contribution in [0.5, 0.6) is 0 Å². The topological polar surface area (TPSA) is 46.8 Å². The van der Waals surface area contributed by atoms with Gasteiger partial charge in [-0.15, -0.1) is 11.3 Å². The lowest BCUT2D eigenvalue weighted by Crippen LogP contribution is -2.80. The SMILES string of the molecule is Cc1ccc2c(C[NH2+]Cc3cccs3)cc(=O)oc2c1C. The predicted molar refractivity (Wildman–Crippen MR) is 85.6 cm³/mol. The molecule has 21 heavy (non-hydrogen) atoms. The van der Waals surface area contributed by atoms with Crippen LogP contribution in [0.15, 0.2) is 44.9 Å². The van der Waals surface area contributed by atoms with Gasteiger partial charge in [0.05, 0.1) is 4.88 Å². The minimum Gasteiger partial charge on any atom is -0.422 e. The molecule has 0 fully saturated rings. The zero-order chi connectivity index (χ0) is 14.8. The van der Waals surface area contributed by atoms with Crippen LogP contribution >= 0.6 is 11.3 Å². The molecule has 0 aliphatic heterocycles. The molecule has 0 spiro atoms. The van der Waals surface area contributed by atoms with Crippen LogP contribution in [-0.4, -0.2) is 0 Å². The van der Waals surface area contributed by atoms with Gasteiger partial charge in [0.1, 0.15) is 18.7 Å². The molecule has 0 saturated carbocycles. The van der Waals surface area contributed by atoms with E-state index >= 15 is 0 Å². The van der Waals surface area contributed by atoms with Crippen LogP contribution < -0.4 is 10.9 Å². The molecule has 0 bridgehead atoms. The van der Waals surface area contributed by atoms with Gasteiger partial charge in [-0.05, 0) is 36.4 Å². The fourth-order valence-electron chi connectivity index (χ4n) is 2.49. The van der Waals surface area contributed by atoms with Gasteiger partial charge in [-0.3, -0.25) is 0 Å². The molecular weight excluding hydrogens is 282 g/mol. The Kier molecular flexibility index (Phi) is 3.90. The summed E-state index contributed by atoms with van der Waals surface area (Å²) in [4.78, 5) is 13.1. The largest absolute Gasteiger partial charge is 0.422 e. The Hall–Kier alpha value is -1.91. The van der Waals surface area contributed by atoms with E-state index in [1.165, 1.54) is 4.88 Å². The number of rotatable bonds is 4. The van der Waals surface area contributed by atoms with Crippen LogP contribution in [-0.2, 0) is 13.1 Å². The third kappa shape index (κ3) is 2.91. The van der Waals surface area contributed by atoms with Gasteiger partial charge in [0.2, 0.25) is 0 Å². The lowest BCUT2D eigenvalue weighted by atomic mass is 10.0. The molecule has 3 aromatic rings. The van der Waals surface area contributed by atoms with Gasteiger partial charge in [0.15, 0.2) is 0 Å². The van der Waals surface area contributed by atoms with E-state index in [0.29, 0.717) is 0 Å². The highest BCUT2D eigenvalue weighted by atomic mass is 32.1. The Labute approximate surface area is 127 Å². The van der Waals surface area contributed by atoms with Crippen molar-refractivity contribution < 1.29 is 9.73 Å². The summed E-state index contributed by atoms with van der Waals surface area (Å²) in [7, 11) is 0. The molecule has 3 nitrogen and oxygen atoms in total. The Bertz CT molecular complexity index is 819. The van der Waals surface area contributed by atoms with Gasteiger partial charge < -0.3 is 9.73 Å². The lowest BCUT2D eigenvalue weighted by Gasteiger charge is -2.08. The summed E-state index contributed by atoms with van der Waals surface area (Å²) >= 11 is 1.76. The average molecular weight is 300 g/mol. The Morgan fingerprint density at radius 3 is 2.81 bits per heavy atom. The number of benzene rings is 1. The van der Waals surface area contributed by atoms with E-state index < -0.39 is 0 Å². The Morgan fingerprint density at radius 2 is 2.05 bits per heavy atom. The van der Waals surface area contributed by atoms with Gasteiger partial charge >= 0.3 is 5.63 Å². The molecule has 0 amide bonds. The van der Waals surface area contributed by atoms with E-state index in [9.17, 15) is 4.79 Å². The fourth-order valence-corrected chi connectivity index (χ4v) is 3.20. The number of thiophene rings is 1. The summed E-state index contributed by atoms with van der Waals surface area (Å²) < 4.78 is 5.40. The summed E-state index contributed by atoms with van der Waals surface area (Å²) in [6, 6.07) is 9.94. The lowest BCUT2D eigenvalue weighted by molar-refractivity contribution is -0.685. The number of aryl methyl sites for hydroxylation is 2. The molecule has 2 N–H and O–H groups in total. The first-order chi connectivity index (χ1) is 10.1. The first-order valence-electron chi connectivity index (χ1n) is 7.02. The van der Waals surface area contributed by atoms with Gasteiger partial charge in [-0.2, -0.15) is 0 Å². The first kappa shape index (κ1) is 14.0. The van der Waals surface area contributed by atoms with Crippen molar-refractivity contribution in [2.45, 2.75) is 26.9 Å². The van der Waals surface area contributed by atoms with Crippen LogP contribution in [0.4, 0.5) is 0 Å². The minimum absolute atomic E-state index is 0.268. The monoisotopic (exact) mass is 300 g/mol. The van der Waals surface area contributed by atoms with Gasteiger partial charge in [-0.25, -0.2) is 4.79 Å². The number of fused-ring (bicyclic) bond motifs is 1. The van der Waals surface area contributed by atoms with E-state index in [4.69, 9.17) is 4.42 Å². The van der Waals surface area contributed by atoms with Crippen molar-refractivity contribution >= 4 is 22.3 Å². The van der Waals surface area contributed by atoms with Gasteiger partial charge in [-0.1, -0.05) is 18.2 Å². The van der Waals surface area contributed by atoms with Crippen molar-refractivity contribution in [2.24, 2.45) is 0 Å². The molecule has 0 aliphatic rings. The standard InChI is InChI=1S/C17H17NO2S/c1-11-5-6-15-13(8-16(19)20-17(15)12(11)2)9-18-10-14-4-3-7-21-14/h3-8,18H,9-10H2,1-2H3/p+1. The summed E-state index contributed by atoms with van der Waals surface area (Å²) in [5.74, 6) is 0. The maximum Gasteiger partial charge on any atom is 0.336 e. The van der Waals surface area contributed by atoms with E-state index in [1.807, 2.05) is 13.8 Å². The fraction of sp³-hybridized carbons (Fsp3) is 0.235. The molecule has 0 saturated heterocycles. The van der Waals surface area contributed by atoms with E-state index in [0.717, 1.165) is 40.7 Å². The summed E-state index contributed by atoms with van der Waals surface area (Å²) in [6.07, 6.45) is 0. The molecular formula is C17H18NO2S+. The predicted octanol–water partition coefficient (Wildman–Crippen LogP) is 2.73. The molecule has 2 heterocycles. The third-order valence-electron chi connectivity index (χ3n) is 3.81. The van der Waals surface area contributed by atoms with Crippen molar-refractivity contribution in [1.82, 2.24) is 0 Å². The molecule has 0 unspecified atom stereocenters. The number of hydrogen-bond acceptors (Lipinski definition) is 3. The second kappa shape index (κ2) is 5.84. The van der Waals surface area contributed by atoms with Crippen molar-refractivity contribution in [1.29, 1.82) is 0 Å². The van der Waals surface area contributed by atoms with Crippen molar-refractivity contribution in [3.8, 4) is 0 Å². The molecule has 0 atom stereocenters. The number of hydrogen-bond donors (Lipinski definition) is 1. The second-order valence-corrected chi connectivity index (χ2v) is 6.28. The maximum absolute atomic E-state index is 11.8. The third-order valence-corrected chi connectivity index (χ3v) is 4.71. The number of quaternary nitrogens is 1. The van der Waals surface area contributed by atoms with E-state index in [1.54, 1.807) is 17.4 Å². The normalized spacial score (nSPS) is 11.1. The molecule has 0 radical (unpaired) electrons. The van der Waals surface area contributed by atoms with Crippen molar-refractivity contribution in [3.05, 3.63) is 67.7 Å². The zero-order valence-corrected chi connectivity index (χ0v) is 13.0. The highest BCUT2D eigenvalue weighted by Gasteiger charge is 2.10. The molecule has 4 heteroatoms. The minimum atomic E-state index is -0.268. The van der Waals surface area contributed by atoms with E-state index in [2.05, 4.69) is 35.0 Å². The van der Waals surface area contributed by atoms with Gasteiger partial charge in [0.25, 0.3) is 0 Å².